The number of benzene rings is 2. The molecule has 9 heteroatoms. The van der Waals surface area contributed by atoms with Crippen molar-refractivity contribution in [1.29, 1.82) is 0 Å². The first kappa shape index (κ1) is 24.6. The van der Waals surface area contributed by atoms with Crippen LogP contribution in [0.15, 0.2) is 53.4 Å². The second-order valence-electron chi connectivity index (χ2n) is 8.07. The van der Waals surface area contributed by atoms with Crippen molar-refractivity contribution < 1.29 is 22.7 Å². The normalized spacial score (nSPS) is 14.5. The topological polar surface area (TPSA) is 105 Å². The van der Waals surface area contributed by atoms with Crippen LogP contribution in [-0.2, 0) is 14.8 Å². The quantitative estimate of drug-likeness (QED) is 0.544. The second kappa shape index (κ2) is 11.2. The highest BCUT2D eigenvalue weighted by atomic mass is 32.2. The number of ether oxygens (including phenoxy) is 1. The summed E-state index contributed by atoms with van der Waals surface area (Å²) in [5.74, 6) is 0.465. The average molecular weight is 474 g/mol. The van der Waals surface area contributed by atoms with E-state index in [1.165, 1.54) is 19.2 Å². The molecule has 178 valence electrons. The van der Waals surface area contributed by atoms with Crippen LogP contribution in [0.2, 0.25) is 0 Å². The Morgan fingerprint density at radius 2 is 1.67 bits per heavy atom. The van der Waals surface area contributed by atoms with Crippen molar-refractivity contribution >= 4 is 27.5 Å². The van der Waals surface area contributed by atoms with E-state index in [0.29, 0.717) is 49.5 Å². The molecule has 0 aliphatic carbocycles. The molecule has 0 radical (unpaired) electrons. The Balaban J connectivity index is 1.55. The van der Waals surface area contributed by atoms with Crippen molar-refractivity contribution in [3.8, 4) is 5.75 Å². The van der Waals surface area contributed by atoms with Crippen molar-refractivity contribution in [2.45, 2.75) is 37.5 Å². The molecule has 1 aliphatic rings. The maximum atomic E-state index is 12.8. The van der Waals surface area contributed by atoms with E-state index < -0.39 is 10.0 Å². The number of unbranched alkanes of at least 4 members (excludes halogenated alkanes) is 1. The van der Waals surface area contributed by atoms with Crippen LogP contribution in [0.5, 0.6) is 5.75 Å². The fourth-order valence-corrected chi connectivity index (χ4v) is 4.77. The van der Waals surface area contributed by atoms with Gasteiger partial charge < -0.3 is 15.0 Å². The zero-order chi connectivity index (χ0) is 23.8. The highest BCUT2D eigenvalue weighted by molar-refractivity contribution is 7.92. The van der Waals surface area contributed by atoms with Gasteiger partial charge in [-0.05, 0) is 67.8 Å². The van der Waals surface area contributed by atoms with Gasteiger partial charge in [0.1, 0.15) is 5.75 Å². The number of rotatable bonds is 9. The van der Waals surface area contributed by atoms with Gasteiger partial charge in [-0.1, -0.05) is 13.3 Å². The zero-order valence-corrected chi connectivity index (χ0v) is 19.9. The molecule has 1 fully saturated rings. The number of likely N-dealkylation sites (tertiary alicyclic amines) is 1. The van der Waals surface area contributed by atoms with E-state index >= 15 is 0 Å². The highest BCUT2D eigenvalue weighted by Gasteiger charge is 2.27. The van der Waals surface area contributed by atoms with Crippen LogP contribution in [-0.4, -0.2) is 51.9 Å². The van der Waals surface area contributed by atoms with E-state index in [0.717, 1.165) is 12.8 Å². The van der Waals surface area contributed by atoms with Gasteiger partial charge in [0.25, 0.3) is 15.9 Å². The molecule has 0 bridgehead atoms. The lowest BCUT2D eigenvalue weighted by atomic mass is 9.95. The molecule has 3 rings (SSSR count). The third kappa shape index (κ3) is 6.47. The summed E-state index contributed by atoms with van der Waals surface area (Å²) in [4.78, 5) is 26.9. The molecule has 1 heterocycles. The van der Waals surface area contributed by atoms with E-state index in [1.54, 1.807) is 41.3 Å². The summed E-state index contributed by atoms with van der Waals surface area (Å²) < 4.78 is 32.7. The summed E-state index contributed by atoms with van der Waals surface area (Å²) in [6.07, 6.45) is 3.29. The highest BCUT2D eigenvalue weighted by Crippen LogP contribution is 2.22. The van der Waals surface area contributed by atoms with Crippen molar-refractivity contribution in [3.63, 3.8) is 0 Å². The fraction of sp³-hybridized carbons (Fsp3) is 0.417. The number of piperidine rings is 1. The largest absolute Gasteiger partial charge is 0.497 e. The van der Waals surface area contributed by atoms with Gasteiger partial charge in [-0.25, -0.2) is 8.42 Å². The molecule has 0 atom stereocenters. The number of sulfonamides is 1. The zero-order valence-electron chi connectivity index (χ0n) is 19.0. The molecule has 0 spiro atoms. The minimum atomic E-state index is -3.75. The van der Waals surface area contributed by atoms with E-state index in [2.05, 4.69) is 17.0 Å². The van der Waals surface area contributed by atoms with E-state index in [9.17, 15) is 18.0 Å². The second-order valence-corrected chi connectivity index (χ2v) is 9.75. The van der Waals surface area contributed by atoms with Gasteiger partial charge in [0.05, 0.1) is 12.0 Å². The van der Waals surface area contributed by atoms with E-state index in [-0.39, 0.29) is 22.6 Å². The molecule has 2 N–H and O–H groups in total. The number of anilines is 1. The average Bonchev–Trinajstić information content (AvgIpc) is 2.84. The molecule has 2 amide bonds. The van der Waals surface area contributed by atoms with Crippen LogP contribution in [0.4, 0.5) is 5.69 Å². The Morgan fingerprint density at radius 1 is 1.03 bits per heavy atom. The third-order valence-electron chi connectivity index (χ3n) is 5.74. The van der Waals surface area contributed by atoms with Crippen LogP contribution in [0.3, 0.4) is 0 Å². The predicted octanol–water partition coefficient (Wildman–Crippen LogP) is 3.26. The number of methoxy groups -OCH3 is 1. The molecule has 8 nitrogen and oxygen atoms in total. The molecule has 0 aromatic heterocycles. The third-order valence-corrected chi connectivity index (χ3v) is 7.13. The van der Waals surface area contributed by atoms with Crippen LogP contribution >= 0.6 is 0 Å². The Kier molecular flexibility index (Phi) is 8.32. The van der Waals surface area contributed by atoms with Crippen molar-refractivity contribution in [2.75, 3.05) is 31.5 Å². The summed E-state index contributed by atoms with van der Waals surface area (Å²) in [6, 6.07) is 12.4. The van der Waals surface area contributed by atoms with Crippen molar-refractivity contribution in [1.82, 2.24) is 10.2 Å². The van der Waals surface area contributed by atoms with E-state index in [1.807, 2.05) is 0 Å². The molecule has 1 saturated heterocycles. The number of amides is 2. The van der Waals surface area contributed by atoms with Gasteiger partial charge in [-0.3, -0.25) is 14.3 Å². The molecule has 1 aliphatic heterocycles. The lowest BCUT2D eigenvalue weighted by Crippen LogP contribution is -2.43. The predicted molar refractivity (Wildman–Crippen MR) is 127 cm³/mol. The number of nitrogens with one attached hydrogen (secondary N) is 2. The summed E-state index contributed by atoms with van der Waals surface area (Å²) >= 11 is 0. The molecule has 2 aromatic rings. The van der Waals surface area contributed by atoms with Gasteiger partial charge in [0.15, 0.2) is 0 Å². The molecular weight excluding hydrogens is 442 g/mol. The lowest BCUT2D eigenvalue weighted by Gasteiger charge is -2.31. The van der Waals surface area contributed by atoms with Crippen LogP contribution in [0.1, 0.15) is 43.0 Å². The van der Waals surface area contributed by atoms with Gasteiger partial charge in [0, 0.05) is 36.8 Å². The summed E-state index contributed by atoms with van der Waals surface area (Å²) in [6.45, 7) is 3.83. The number of hydrogen-bond donors (Lipinski definition) is 2. The minimum absolute atomic E-state index is 0.0550. The number of carbonyl (C=O) groups excluding carboxylic acids is 2. The van der Waals surface area contributed by atoms with Gasteiger partial charge in [-0.15, -0.1) is 0 Å². The van der Waals surface area contributed by atoms with Gasteiger partial charge >= 0.3 is 0 Å². The molecule has 0 unspecified atom stereocenters. The smallest absolute Gasteiger partial charge is 0.261 e. The van der Waals surface area contributed by atoms with E-state index in [4.69, 9.17) is 4.74 Å². The molecule has 0 saturated carbocycles. The maximum absolute atomic E-state index is 12.8. The summed E-state index contributed by atoms with van der Waals surface area (Å²) in [5, 5.41) is 2.97. The van der Waals surface area contributed by atoms with Gasteiger partial charge in [-0.2, -0.15) is 0 Å². The lowest BCUT2D eigenvalue weighted by molar-refractivity contribution is -0.126. The molecule has 2 aromatic carbocycles. The Morgan fingerprint density at radius 3 is 2.24 bits per heavy atom. The standard InChI is InChI=1S/C24H31N3O5S/c1-3-4-15-25-23(28)18-13-16-27(17-14-18)24(29)19-5-7-20(8-6-19)26-33(30,31)22-11-9-21(32-2)10-12-22/h5-12,18,26H,3-4,13-17H2,1-2H3,(H,25,28). The molecule has 33 heavy (non-hydrogen) atoms. The number of nitrogens with zero attached hydrogens (tertiary/aromatic N) is 1. The van der Waals surface area contributed by atoms with Crippen molar-refractivity contribution in [3.05, 3.63) is 54.1 Å². The van der Waals surface area contributed by atoms with Crippen LogP contribution < -0.4 is 14.8 Å². The number of hydrogen-bond acceptors (Lipinski definition) is 5. The number of carbonyl (C=O) groups is 2. The first-order chi connectivity index (χ1) is 15.8. The summed E-state index contributed by atoms with van der Waals surface area (Å²) in [5.41, 5.74) is 0.845. The van der Waals surface area contributed by atoms with Crippen molar-refractivity contribution in [2.24, 2.45) is 5.92 Å². The fourth-order valence-electron chi connectivity index (χ4n) is 3.71. The maximum Gasteiger partial charge on any atom is 0.261 e. The van der Waals surface area contributed by atoms with Crippen LogP contribution in [0, 0.1) is 5.92 Å². The first-order valence-corrected chi connectivity index (χ1v) is 12.7. The Labute approximate surface area is 195 Å². The molecular formula is C24H31N3O5S. The van der Waals surface area contributed by atoms with Gasteiger partial charge in [0.2, 0.25) is 5.91 Å². The Bertz CT molecular complexity index is 1040. The monoisotopic (exact) mass is 473 g/mol. The SMILES string of the molecule is CCCCNC(=O)C1CCN(C(=O)c2ccc(NS(=O)(=O)c3ccc(OC)cc3)cc2)CC1. The summed E-state index contributed by atoms with van der Waals surface area (Å²) in [7, 11) is -2.24. The minimum Gasteiger partial charge on any atom is -0.497 e. The van der Waals surface area contributed by atoms with Crippen LogP contribution in [0.25, 0.3) is 0 Å². The first-order valence-electron chi connectivity index (χ1n) is 11.2. The Hall–Kier alpha value is -3.07.